The van der Waals surface area contributed by atoms with Gasteiger partial charge in [-0.25, -0.2) is 4.79 Å². The number of hydrogen-bond donors (Lipinski definition) is 3. The van der Waals surface area contributed by atoms with E-state index in [2.05, 4.69) is 22.0 Å². The van der Waals surface area contributed by atoms with Crippen molar-refractivity contribution in [1.29, 1.82) is 0 Å². The minimum Gasteiger partial charge on any atom is -0.444 e. The molecular weight excluding hydrogens is 290 g/mol. The molecule has 5 nitrogen and oxygen atoms in total. The zero-order valence-corrected chi connectivity index (χ0v) is 14.4. The van der Waals surface area contributed by atoms with E-state index in [-0.39, 0.29) is 6.09 Å². The summed E-state index contributed by atoms with van der Waals surface area (Å²) in [4.78, 5) is 11.8. The van der Waals surface area contributed by atoms with Crippen LogP contribution in [0.5, 0.6) is 0 Å². The number of nitrogens with one attached hydrogen (secondary N) is 3. The fourth-order valence-corrected chi connectivity index (χ4v) is 2.66. The summed E-state index contributed by atoms with van der Waals surface area (Å²) in [6, 6.07) is 8.71. The molecule has 1 aromatic carbocycles. The molecule has 1 unspecified atom stereocenters. The number of carbonyl (C=O) groups excluding carboxylic acids is 1. The Bertz CT molecular complexity index is 505. The Labute approximate surface area is 139 Å². The van der Waals surface area contributed by atoms with Crippen LogP contribution in [0.15, 0.2) is 24.3 Å². The van der Waals surface area contributed by atoms with Crippen LogP contribution in [0.3, 0.4) is 0 Å². The minimum atomic E-state index is -0.473. The Morgan fingerprint density at radius 3 is 2.57 bits per heavy atom. The lowest BCUT2D eigenvalue weighted by atomic mass is 10.0. The lowest BCUT2D eigenvalue weighted by molar-refractivity contribution is 0.0523. The highest BCUT2D eigenvalue weighted by Crippen LogP contribution is 2.11. The first-order valence-corrected chi connectivity index (χ1v) is 8.42. The molecule has 0 spiro atoms. The summed E-state index contributed by atoms with van der Waals surface area (Å²) in [5.41, 5.74) is 1.86. The van der Waals surface area contributed by atoms with E-state index in [0.717, 1.165) is 25.2 Å². The molecule has 1 aliphatic heterocycles. The van der Waals surface area contributed by atoms with Crippen LogP contribution in [0.2, 0.25) is 0 Å². The molecule has 1 aromatic rings. The summed E-state index contributed by atoms with van der Waals surface area (Å²) in [5, 5.41) is 9.84. The predicted molar refractivity (Wildman–Crippen MR) is 92.2 cm³/mol. The molecule has 1 atom stereocenters. The number of piperidine rings is 1. The van der Waals surface area contributed by atoms with Gasteiger partial charge in [0.25, 0.3) is 0 Å². The summed E-state index contributed by atoms with van der Waals surface area (Å²) < 4.78 is 5.28. The predicted octanol–water partition coefficient (Wildman–Crippen LogP) is 2.55. The molecule has 0 bridgehead atoms. The highest BCUT2D eigenvalue weighted by molar-refractivity contribution is 5.67. The largest absolute Gasteiger partial charge is 0.444 e. The van der Waals surface area contributed by atoms with Gasteiger partial charge >= 0.3 is 6.09 Å². The van der Waals surface area contributed by atoms with Gasteiger partial charge in [-0.2, -0.15) is 0 Å². The molecule has 5 heteroatoms. The summed E-state index contributed by atoms with van der Waals surface area (Å²) in [5.74, 6) is 0. The Morgan fingerprint density at radius 1 is 1.26 bits per heavy atom. The SMILES string of the molecule is CC(C)(C)OC(=O)NCc1ccccc1CNC1CCCNC1. The van der Waals surface area contributed by atoms with Crippen molar-refractivity contribution in [3.63, 3.8) is 0 Å². The van der Waals surface area contributed by atoms with Gasteiger partial charge in [-0.3, -0.25) is 0 Å². The smallest absolute Gasteiger partial charge is 0.407 e. The van der Waals surface area contributed by atoms with Gasteiger partial charge in [0.15, 0.2) is 0 Å². The number of alkyl carbamates (subject to hydrolysis) is 1. The van der Waals surface area contributed by atoms with Crippen molar-refractivity contribution in [2.24, 2.45) is 0 Å². The van der Waals surface area contributed by atoms with Crippen LogP contribution in [0.25, 0.3) is 0 Å². The topological polar surface area (TPSA) is 62.4 Å². The molecule has 2 rings (SSSR count). The molecule has 0 aliphatic carbocycles. The maximum Gasteiger partial charge on any atom is 0.407 e. The van der Waals surface area contributed by atoms with E-state index >= 15 is 0 Å². The summed E-state index contributed by atoms with van der Waals surface area (Å²) in [7, 11) is 0. The Balaban J connectivity index is 1.85. The van der Waals surface area contributed by atoms with Crippen LogP contribution in [-0.4, -0.2) is 30.8 Å². The fourth-order valence-electron chi connectivity index (χ4n) is 2.66. The molecule has 1 amide bonds. The van der Waals surface area contributed by atoms with E-state index in [1.54, 1.807) is 0 Å². The van der Waals surface area contributed by atoms with Gasteiger partial charge in [0, 0.05) is 25.7 Å². The summed E-state index contributed by atoms with van der Waals surface area (Å²) >= 11 is 0. The van der Waals surface area contributed by atoms with Crippen LogP contribution >= 0.6 is 0 Å². The van der Waals surface area contributed by atoms with Gasteiger partial charge in [-0.05, 0) is 51.3 Å². The van der Waals surface area contributed by atoms with Crippen molar-refractivity contribution < 1.29 is 9.53 Å². The number of ether oxygens (including phenoxy) is 1. The molecule has 0 radical (unpaired) electrons. The summed E-state index contributed by atoms with van der Waals surface area (Å²) in [6.07, 6.45) is 2.06. The second-order valence-corrected chi connectivity index (χ2v) is 7.05. The number of amides is 1. The number of rotatable bonds is 5. The van der Waals surface area contributed by atoms with Crippen LogP contribution < -0.4 is 16.0 Å². The number of benzene rings is 1. The average Bonchev–Trinajstić information content (AvgIpc) is 2.51. The normalized spacial score (nSPS) is 18.5. The van der Waals surface area contributed by atoms with E-state index in [4.69, 9.17) is 4.74 Å². The van der Waals surface area contributed by atoms with Crippen molar-refractivity contribution in [3.05, 3.63) is 35.4 Å². The summed E-state index contributed by atoms with van der Waals surface area (Å²) in [6.45, 7) is 9.04. The van der Waals surface area contributed by atoms with Crippen molar-refractivity contribution in [3.8, 4) is 0 Å². The van der Waals surface area contributed by atoms with E-state index in [0.29, 0.717) is 12.6 Å². The van der Waals surface area contributed by atoms with Crippen LogP contribution in [0.4, 0.5) is 4.79 Å². The lowest BCUT2D eigenvalue weighted by Gasteiger charge is -2.24. The van der Waals surface area contributed by atoms with E-state index < -0.39 is 5.60 Å². The van der Waals surface area contributed by atoms with Gasteiger partial charge in [0.2, 0.25) is 0 Å². The molecule has 0 aromatic heterocycles. The van der Waals surface area contributed by atoms with E-state index in [1.165, 1.54) is 18.4 Å². The molecule has 1 fully saturated rings. The second-order valence-electron chi connectivity index (χ2n) is 7.05. The average molecular weight is 319 g/mol. The highest BCUT2D eigenvalue weighted by atomic mass is 16.6. The van der Waals surface area contributed by atoms with E-state index in [9.17, 15) is 4.79 Å². The molecule has 23 heavy (non-hydrogen) atoms. The third-order valence-electron chi connectivity index (χ3n) is 3.82. The van der Waals surface area contributed by atoms with Gasteiger partial charge in [-0.1, -0.05) is 24.3 Å². The first kappa shape index (κ1) is 17.8. The first-order valence-electron chi connectivity index (χ1n) is 8.42. The lowest BCUT2D eigenvalue weighted by Crippen LogP contribution is -2.42. The van der Waals surface area contributed by atoms with Crippen molar-refractivity contribution in [2.75, 3.05) is 13.1 Å². The quantitative estimate of drug-likeness (QED) is 0.780. The molecule has 1 aliphatic rings. The standard InChI is InChI=1S/C18H29N3O2/c1-18(2,3)23-17(22)21-12-15-8-5-4-7-14(15)11-20-16-9-6-10-19-13-16/h4-5,7-8,16,19-20H,6,9-13H2,1-3H3,(H,21,22). The van der Waals surface area contributed by atoms with Crippen molar-refractivity contribution in [2.45, 2.75) is 58.3 Å². The zero-order valence-electron chi connectivity index (χ0n) is 14.4. The Hall–Kier alpha value is -1.59. The van der Waals surface area contributed by atoms with Crippen LogP contribution in [-0.2, 0) is 17.8 Å². The van der Waals surface area contributed by atoms with Gasteiger partial charge in [0.05, 0.1) is 0 Å². The molecule has 1 heterocycles. The molecule has 0 saturated carbocycles. The maximum absolute atomic E-state index is 11.8. The number of carbonyl (C=O) groups is 1. The zero-order chi connectivity index (χ0) is 16.7. The molecular formula is C18H29N3O2. The number of hydrogen-bond acceptors (Lipinski definition) is 4. The third kappa shape index (κ3) is 6.59. The monoisotopic (exact) mass is 319 g/mol. The molecule has 1 saturated heterocycles. The maximum atomic E-state index is 11.8. The fraction of sp³-hybridized carbons (Fsp3) is 0.611. The van der Waals surface area contributed by atoms with Crippen molar-refractivity contribution in [1.82, 2.24) is 16.0 Å². The third-order valence-corrected chi connectivity index (χ3v) is 3.82. The van der Waals surface area contributed by atoms with Gasteiger partial charge in [-0.15, -0.1) is 0 Å². The molecule has 128 valence electrons. The Kier molecular flexibility index (Phi) is 6.42. The molecule has 3 N–H and O–H groups in total. The minimum absolute atomic E-state index is 0.378. The first-order chi connectivity index (χ1) is 10.9. The van der Waals surface area contributed by atoms with Crippen molar-refractivity contribution >= 4 is 6.09 Å². The van der Waals surface area contributed by atoms with Gasteiger partial charge < -0.3 is 20.7 Å². The second kappa shape index (κ2) is 8.31. The Morgan fingerprint density at radius 2 is 1.96 bits per heavy atom. The highest BCUT2D eigenvalue weighted by Gasteiger charge is 2.16. The van der Waals surface area contributed by atoms with Crippen LogP contribution in [0.1, 0.15) is 44.7 Å². The van der Waals surface area contributed by atoms with Gasteiger partial charge in [0.1, 0.15) is 5.60 Å². The van der Waals surface area contributed by atoms with Crippen LogP contribution in [0, 0.1) is 0 Å². The van der Waals surface area contributed by atoms with E-state index in [1.807, 2.05) is 39.0 Å².